The molecule has 68 valence electrons. The van der Waals surface area contributed by atoms with Crippen LogP contribution in [0.4, 0.5) is 0 Å². The molecule has 0 aliphatic carbocycles. The van der Waals surface area contributed by atoms with Crippen molar-refractivity contribution in [2.24, 2.45) is 0 Å². The minimum absolute atomic E-state index is 0.134. The highest BCUT2D eigenvalue weighted by Gasteiger charge is 2.10. The summed E-state index contributed by atoms with van der Waals surface area (Å²) >= 11 is 0. The molecule has 0 amide bonds. The lowest BCUT2D eigenvalue weighted by Crippen LogP contribution is -2.10. The van der Waals surface area contributed by atoms with E-state index in [9.17, 15) is 4.79 Å². The molecule has 0 saturated carbocycles. The summed E-state index contributed by atoms with van der Waals surface area (Å²) in [6.07, 6.45) is 0.927. The summed E-state index contributed by atoms with van der Waals surface area (Å²) in [4.78, 5) is 11.1. The van der Waals surface area contributed by atoms with Crippen molar-refractivity contribution in [2.45, 2.75) is 20.0 Å². The molecule has 0 bridgehead atoms. The van der Waals surface area contributed by atoms with Crippen LogP contribution in [0.2, 0.25) is 0 Å². The fraction of sp³-hybridized carbons (Fsp3) is 0.364. The van der Waals surface area contributed by atoms with E-state index in [2.05, 4.69) is 0 Å². The van der Waals surface area contributed by atoms with Gasteiger partial charge in [0.1, 0.15) is 0 Å². The number of hydrogen-bond acceptors (Lipinski definition) is 2. The van der Waals surface area contributed by atoms with Crippen molar-refractivity contribution in [3.8, 4) is 0 Å². The summed E-state index contributed by atoms with van der Waals surface area (Å²) in [5, 5.41) is 0. The summed E-state index contributed by atoms with van der Waals surface area (Å²) in [6, 6.07) is 5.85. The van der Waals surface area contributed by atoms with E-state index in [0.717, 1.165) is 18.6 Å². The minimum atomic E-state index is 0.134. The average molecular weight is 176 g/mol. The molecular weight excluding hydrogens is 164 g/mol. The Morgan fingerprint density at radius 3 is 3.00 bits per heavy atom. The van der Waals surface area contributed by atoms with Gasteiger partial charge in [-0.3, -0.25) is 4.79 Å². The standard InChI is InChI=1S/C11H12O2/c1-8(12)9-2-3-11-7-13-5-4-10(11)6-9/h2-3,6H,4-5,7H2,1H3. The molecule has 1 aliphatic rings. The monoisotopic (exact) mass is 176 g/mol. The molecule has 2 heteroatoms. The molecule has 0 atom stereocenters. The summed E-state index contributed by atoms with van der Waals surface area (Å²) in [7, 11) is 0. The molecule has 1 aromatic carbocycles. The number of ether oxygens (including phenoxy) is 1. The van der Waals surface area contributed by atoms with Crippen molar-refractivity contribution in [3.05, 3.63) is 34.9 Å². The molecule has 2 nitrogen and oxygen atoms in total. The molecule has 1 heterocycles. The van der Waals surface area contributed by atoms with Gasteiger partial charge in [-0.25, -0.2) is 0 Å². The lowest BCUT2D eigenvalue weighted by atomic mass is 9.99. The first-order valence-corrected chi connectivity index (χ1v) is 4.48. The van der Waals surface area contributed by atoms with E-state index in [1.165, 1.54) is 11.1 Å². The van der Waals surface area contributed by atoms with Crippen LogP contribution in [0.1, 0.15) is 28.4 Å². The largest absolute Gasteiger partial charge is 0.376 e. The maximum atomic E-state index is 11.1. The number of fused-ring (bicyclic) bond motifs is 1. The maximum absolute atomic E-state index is 11.1. The second-order valence-corrected chi connectivity index (χ2v) is 3.34. The van der Waals surface area contributed by atoms with E-state index >= 15 is 0 Å². The molecule has 13 heavy (non-hydrogen) atoms. The van der Waals surface area contributed by atoms with Crippen LogP contribution in [-0.4, -0.2) is 12.4 Å². The van der Waals surface area contributed by atoms with E-state index in [1.807, 2.05) is 18.2 Å². The quantitative estimate of drug-likeness (QED) is 0.611. The van der Waals surface area contributed by atoms with Crippen LogP contribution in [0.5, 0.6) is 0 Å². The summed E-state index contributed by atoms with van der Waals surface area (Å²) in [5.41, 5.74) is 3.29. The Morgan fingerprint density at radius 2 is 2.23 bits per heavy atom. The van der Waals surface area contributed by atoms with E-state index in [-0.39, 0.29) is 5.78 Å². The predicted molar refractivity (Wildman–Crippen MR) is 49.8 cm³/mol. The molecule has 0 N–H and O–H groups in total. The van der Waals surface area contributed by atoms with Gasteiger partial charge in [-0.1, -0.05) is 12.1 Å². The molecule has 0 spiro atoms. The molecule has 1 aliphatic heterocycles. The fourth-order valence-electron chi connectivity index (χ4n) is 1.58. The second kappa shape index (κ2) is 3.30. The van der Waals surface area contributed by atoms with Gasteiger partial charge in [-0.15, -0.1) is 0 Å². The predicted octanol–water partition coefficient (Wildman–Crippen LogP) is 1.96. The van der Waals surface area contributed by atoms with Crippen molar-refractivity contribution in [1.29, 1.82) is 0 Å². The minimum Gasteiger partial charge on any atom is -0.376 e. The summed E-state index contributed by atoms with van der Waals surface area (Å²) in [5.74, 6) is 0.134. The molecule has 0 aromatic heterocycles. The third kappa shape index (κ3) is 1.63. The number of carbonyl (C=O) groups is 1. The highest BCUT2D eigenvalue weighted by Crippen LogP contribution is 2.18. The van der Waals surface area contributed by atoms with Crippen molar-refractivity contribution in [2.75, 3.05) is 6.61 Å². The summed E-state index contributed by atoms with van der Waals surface area (Å²) in [6.45, 7) is 3.06. The Balaban J connectivity index is 2.40. The van der Waals surface area contributed by atoms with Crippen LogP contribution in [0.25, 0.3) is 0 Å². The number of Topliss-reactive ketones (excluding diaryl/α,β-unsaturated/α-hetero) is 1. The van der Waals surface area contributed by atoms with E-state index < -0.39 is 0 Å². The second-order valence-electron chi connectivity index (χ2n) is 3.34. The lowest BCUT2D eigenvalue weighted by molar-refractivity contribution is 0.101. The van der Waals surface area contributed by atoms with E-state index in [1.54, 1.807) is 6.92 Å². The first-order valence-electron chi connectivity index (χ1n) is 4.48. The zero-order valence-electron chi connectivity index (χ0n) is 7.67. The number of carbonyl (C=O) groups excluding carboxylic acids is 1. The van der Waals surface area contributed by atoms with Gasteiger partial charge < -0.3 is 4.74 Å². The first-order chi connectivity index (χ1) is 6.27. The number of rotatable bonds is 1. The SMILES string of the molecule is CC(=O)c1ccc2c(c1)CCOC2. The van der Waals surface area contributed by atoms with Crippen molar-refractivity contribution < 1.29 is 9.53 Å². The highest BCUT2D eigenvalue weighted by atomic mass is 16.5. The molecular formula is C11H12O2. The van der Waals surface area contributed by atoms with Crippen LogP contribution in [0.15, 0.2) is 18.2 Å². The Hall–Kier alpha value is -1.15. The lowest BCUT2D eigenvalue weighted by Gasteiger charge is -2.16. The fourth-order valence-corrected chi connectivity index (χ4v) is 1.58. The molecule has 0 saturated heterocycles. The summed E-state index contributed by atoms with van der Waals surface area (Å²) < 4.78 is 5.31. The van der Waals surface area contributed by atoms with Gasteiger partial charge in [0.2, 0.25) is 0 Å². The topological polar surface area (TPSA) is 26.3 Å². The van der Waals surface area contributed by atoms with Crippen LogP contribution in [-0.2, 0) is 17.8 Å². The average Bonchev–Trinajstić information content (AvgIpc) is 2.17. The van der Waals surface area contributed by atoms with Gasteiger partial charge in [0.05, 0.1) is 13.2 Å². The van der Waals surface area contributed by atoms with Crippen molar-refractivity contribution >= 4 is 5.78 Å². The van der Waals surface area contributed by atoms with Crippen LogP contribution < -0.4 is 0 Å². The molecule has 0 unspecified atom stereocenters. The Kier molecular flexibility index (Phi) is 2.15. The van der Waals surface area contributed by atoms with Crippen LogP contribution in [0.3, 0.4) is 0 Å². The zero-order chi connectivity index (χ0) is 9.26. The van der Waals surface area contributed by atoms with Crippen molar-refractivity contribution in [3.63, 3.8) is 0 Å². The molecule has 1 aromatic rings. The molecule has 2 rings (SSSR count). The molecule has 0 radical (unpaired) electrons. The Morgan fingerprint density at radius 1 is 1.38 bits per heavy atom. The van der Waals surface area contributed by atoms with Gasteiger partial charge in [0.25, 0.3) is 0 Å². The van der Waals surface area contributed by atoms with Gasteiger partial charge in [-0.2, -0.15) is 0 Å². The number of benzene rings is 1. The zero-order valence-corrected chi connectivity index (χ0v) is 7.67. The highest BCUT2D eigenvalue weighted by molar-refractivity contribution is 5.94. The third-order valence-corrected chi connectivity index (χ3v) is 2.39. The van der Waals surface area contributed by atoms with Crippen LogP contribution >= 0.6 is 0 Å². The van der Waals surface area contributed by atoms with Gasteiger partial charge in [0.15, 0.2) is 5.78 Å². The number of hydrogen-bond donors (Lipinski definition) is 0. The Bertz CT molecular complexity index is 342. The van der Waals surface area contributed by atoms with Crippen molar-refractivity contribution in [1.82, 2.24) is 0 Å². The Labute approximate surface area is 77.5 Å². The third-order valence-electron chi connectivity index (χ3n) is 2.39. The first kappa shape index (κ1) is 8.45. The smallest absolute Gasteiger partial charge is 0.159 e. The van der Waals surface area contributed by atoms with Gasteiger partial charge in [-0.05, 0) is 30.5 Å². The number of ketones is 1. The van der Waals surface area contributed by atoms with Crippen LogP contribution in [0, 0.1) is 0 Å². The van der Waals surface area contributed by atoms with E-state index in [4.69, 9.17) is 4.74 Å². The molecule has 0 fully saturated rings. The normalized spacial score (nSPS) is 15.2. The van der Waals surface area contributed by atoms with Gasteiger partial charge in [0, 0.05) is 5.56 Å². The van der Waals surface area contributed by atoms with E-state index in [0.29, 0.717) is 6.61 Å². The maximum Gasteiger partial charge on any atom is 0.159 e. The van der Waals surface area contributed by atoms with Gasteiger partial charge >= 0.3 is 0 Å².